The van der Waals surface area contributed by atoms with Gasteiger partial charge in [-0.2, -0.15) is 5.10 Å². The molecule has 6 aromatic rings. The maximum absolute atomic E-state index is 13.7. The van der Waals surface area contributed by atoms with Crippen molar-refractivity contribution < 1.29 is 4.39 Å². The first-order valence-electron chi connectivity index (χ1n) is 13.7. The summed E-state index contributed by atoms with van der Waals surface area (Å²) in [6.45, 7) is 0. The average molecular weight is 581 g/mol. The molecule has 2 N–H and O–H groups in total. The monoisotopic (exact) mass is 580 g/mol. The van der Waals surface area contributed by atoms with Crippen molar-refractivity contribution in [3.63, 3.8) is 0 Å². The number of nitrogens with zero attached hydrogens (tertiary/aromatic N) is 4. The van der Waals surface area contributed by atoms with E-state index in [4.69, 9.17) is 26.7 Å². The summed E-state index contributed by atoms with van der Waals surface area (Å²) in [7, 11) is 0. The van der Waals surface area contributed by atoms with E-state index in [0.717, 1.165) is 67.2 Å². The van der Waals surface area contributed by atoms with E-state index in [2.05, 4.69) is 16.0 Å². The second kappa shape index (κ2) is 10.1. The third kappa shape index (κ3) is 4.86. The summed E-state index contributed by atoms with van der Waals surface area (Å²) in [6.07, 6.45) is 9.94. The maximum atomic E-state index is 13.7. The van der Waals surface area contributed by atoms with Crippen LogP contribution in [0.2, 0.25) is 5.02 Å². The number of H-pyrrole nitrogens is 2. The number of fused-ring (bicyclic) bond motifs is 8. The van der Waals surface area contributed by atoms with E-state index in [-0.39, 0.29) is 5.82 Å². The fourth-order valence-corrected chi connectivity index (χ4v) is 5.62. The Morgan fingerprint density at radius 2 is 1.23 bits per heavy atom. The number of benzene rings is 2. The molecule has 0 amide bonds. The summed E-state index contributed by atoms with van der Waals surface area (Å²) < 4.78 is 15.5. The normalized spacial score (nSPS) is 12.2. The Balaban J connectivity index is 1.41. The molecular formula is C35H22ClFN6. The van der Waals surface area contributed by atoms with Crippen LogP contribution < -0.4 is 0 Å². The molecule has 43 heavy (non-hydrogen) atoms. The quantitative estimate of drug-likeness (QED) is 0.219. The SMILES string of the molecule is Fc1ccc(-n2cc(-c3cc4cc5nc(cc6ccc(cc7nc(cc3[nH]4)C=C7)[nH]6)C=C5)c(-c3ccccc3Cl)n2)cc1. The molecule has 0 unspecified atom stereocenters. The van der Waals surface area contributed by atoms with Crippen LogP contribution in [0.3, 0.4) is 0 Å². The van der Waals surface area contributed by atoms with E-state index in [1.54, 1.807) is 16.8 Å². The van der Waals surface area contributed by atoms with Crippen molar-refractivity contribution in [3.8, 4) is 28.1 Å². The van der Waals surface area contributed by atoms with E-state index in [0.29, 0.717) is 10.7 Å². The van der Waals surface area contributed by atoms with E-state index in [9.17, 15) is 4.39 Å². The molecule has 0 radical (unpaired) electrons. The van der Waals surface area contributed by atoms with Gasteiger partial charge >= 0.3 is 0 Å². The summed E-state index contributed by atoms with van der Waals surface area (Å²) in [5.74, 6) is -0.308. The van der Waals surface area contributed by atoms with Crippen LogP contribution in [0.25, 0.3) is 74.4 Å². The van der Waals surface area contributed by atoms with Gasteiger partial charge in [0.05, 0.1) is 33.5 Å². The Labute approximate surface area is 250 Å². The van der Waals surface area contributed by atoms with Gasteiger partial charge in [0.1, 0.15) is 11.5 Å². The third-order valence-corrected chi connectivity index (χ3v) is 7.72. The highest BCUT2D eigenvalue weighted by atomic mass is 35.5. The van der Waals surface area contributed by atoms with Gasteiger partial charge < -0.3 is 9.97 Å². The van der Waals surface area contributed by atoms with Crippen molar-refractivity contribution in [2.45, 2.75) is 0 Å². The summed E-state index contributed by atoms with van der Waals surface area (Å²) >= 11 is 6.70. The van der Waals surface area contributed by atoms with Crippen molar-refractivity contribution in [2.24, 2.45) is 0 Å². The molecule has 2 aliphatic rings. The first-order chi connectivity index (χ1) is 21.0. The van der Waals surface area contributed by atoms with E-state index in [1.165, 1.54) is 12.1 Å². The molecule has 8 heteroatoms. The zero-order valence-electron chi connectivity index (χ0n) is 22.6. The first kappa shape index (κ1) is 25.2. The summed E-state index contributed by atoms with van der Waals surface area (Å²) in [5.41, 5.74) is 11.0. The molecule has 0 spiro atoms. The maximum Gasteiger partial charge on any atom is 0.123 e. The van der Waals surface area contributed by atoms with Crippen LogP contribution in [0.1, 0.15) is 22.8 Å². The topological polar surface area (TPSA) is 75.2 Å². The Morgan fingerprint density at radius 3 is 1.91 bits per heavy atom. The number of halogens is 2. The van der Waals surface area contributed by atoms with Crippen molar-refractivity contribution in [3.05, 3.63) is 131 Å². The summed E-state index contributed by atoms with van der Waals surface area (Å²) in [4.78, 5) is 16.6. The zero-order chi connectivity index (χ0) is 28.9. The van der Waals surface area contributed by atoms with Gasteiger partial charge in [0.2, 0.25) is 0 Å². The number of rotatable bonds is 3. The molecule has 0 aliphatic carbocycles. The Hall–Kier alpha value is -5.53. The second-order valence-corrected chi connectivity index (χ2v) is 10.8. The fourth-order valence-electron chi connectivity index (χ4n) is 5.39. The highest BCUT2D eigenvalue weighted by Gasteiger charge is 2.19. The molecule has 0 fully saturated rings. The molecule has 0 atom stereocenters. The smallest absolute Gasteiger partial charge is 0.123 e. The Kier molecular flexibility index (Phi) is 5.91. The number of aromatic nitrogens is 6. The van der Waals surface area contributed by atoms with Gasteiger partial charge in [-0.3, -0.25) is 0 Å². The van der Waals surface area contributed by atoms with Crippen LogP contribution in [0.15, 0.2) is 97.2 Å². The lowest BCUT2D eigenvalue weighted by Gasteiger charge is -2.04. The van der Waals surface area contributed by atoms with Gasteiger partial charge in [-0.1, -0.05) is 29.8 Å². The number of aromatic amines is 2. The lowest BCUT2D eigenvalue weighted by molar-refractivity contribution is 0.627. The lowest BCUT2D eigenvalue weighted by Crippen LogP contribution is -1.94. The van der Waals surface area contributed by atoms with Gasteiger partial charge in [0.15, 0.2) is 0 Å². The van der Waals surface area contributed by atoms with Crippen LogP contribution in [-0.4, -0.2) is 29.7 Å². The van der Waals surface area contributed by atoms with Gasteiger partial charge in [-0.15, -0.1) is 0 Å². The van der Waals surface area contributed by atoms with E-state index < -0.39 is 0 Å². The standard InChI is InChI=1S/C35H22ClFN6/c36-33-4-2-1-3-30(33)35-32(20-43(42-35)29-13-5-21(37)6-14-29)31-18-28-17-26-10-9-24(39-26)15-22-7-8-23(38-22)16-25-11-12-27(40-25)19-34(31)41-28/h1-20,38,41H. The van der Waals surface area contributed by atoms with Crippen molar-refractivity contribution in [1.82, 2.24) is 29.7 Å². The van der Waals surface area contributed by atoms with Crippen LogP contribution >= 0.6 is 11.6 Å². The molecule has 8 bridgehead atoms. The predicted octanol–water partition coefficient (Wildman–Crippen LogP) is 8.97. The van der Waals surface area contributed by atoms with E-state index in [1.807, 2.05) is 91.2 Å². The molecular weight excluding hydrogens is 559 g/mol. The second-order valence-electron chi connectivity index (χ2n) is 10.4. The van der Waals surface area contributed by atoms with Crippen LogP contribution in [0, 0.1) is 5.82 Å². The van der Waals surface area contributed by atoms with Crippen molar-refractivity contribution in [2.75, 3.05) is 0 Å². The Morgan fingerprint density at radius 1 is 0.605 bits per heavy atom. The third-order valence-electron chi connectivity index (χ3n) is 7.39. The molecule has 206 valence electrons. The molecule has 2 aliphatic heterocycles. The summed E-state index contributed by atoms with van der Waals surface area (Å²) in [6, 6.07) is 28.1. The molecule has 8 rings (SSSR count). The van der Waals surface area contributed by atoms with Crippen molar-refractivity contribution in [1.29, 1.82) is 0 Å². The van der Waals surface area contributed by atoms with Crippen molar-refractivity contribution >= 4 is 58.0 Å². The Bertz CT molecular complexity index is 2270. The first-order valence-corrected chi connectivity index (χ1v) is 14.1. The predicted molar refractivity (Wildman–Crippen MR) is 172 cm³/mol. The highest BCUT2D eigenvalue weighted by molar-refractivity contribution is 6.33. The molecule has 4 aromatic heterocycles. The average Bonchev–Trinajstić information content (AvgIpc) is 3.83. The minimum Gasteiger partial charge on any atom is -0.355 e. The van der Waals surface area contributed by atoms with Crippen LogP contribution in [0.5, 0.6) is 0 Å². The van der Waals surface area contributed by atoms with E-state index >= 15 is 0 Å². The molecule has 6 nitrogen and oxygen atoms in total. The number of hydrogen-bond donors (Lipinski definition) is 2. The molecule has 0 saturated heterocycles. The van der Waals surface area contributed by atoms with Gasteiger partial charge in [-0.05, 0) is 97.1 Å². The number of nitrogens with one attached hydrogen (secondary N) is 2. The van der Waals surface area contributed by atoms with Gasteiger partial charge in [0.25, 0.3) is 0 Å². The summed E-state index contributed by atoms with van der Waals surface area (Å²) in [5, 5.41) is 5.53. The zero-order valence-corrected chi connectivity index (χ0v) is 23.3. The largest absolute Gasteiger partial charge is 0.355 e. The highest BCUT2D eigenvalue weighted by Crippen LogP contribution is 2.38. The van der Waals surface area contributed by atoms with Crippen LogP contribution in [-0.2, 0) is 0 Å². The van der Waals surface area contributed by atoms with Gasteiger partial charge in [-0.25, -0.2) is 19.0 Å². The fraction of sp³-hybridized carbons (Fsp3) is 0. The van der Waals surface area contributed by atoms with Crippen LogP contribution in [0.4, 0.5) is 4.39 Å². The van der Waals surface area contributed by atoms with Gasteiger partial charge in [0, 0.05) is 45.0 Å². The molecule has 0 saturated carbocycles. The molecule has 6 heterocycles. The molecule has 2 aromatic carbocycles. The minimum absolute atomic E-state index is 0.308. The lowest BCUT2D eigenvalue weighted by atomic mass is 10.0. The minimum atomic E-state index is -0.308. The number of hydrogen-bond acceptors (Lipinski definition) is 3.